The highest BCUT2D eigenvalue weighted by Crippen LogP contribution is 2.69. The first kappa shape index (κ1) is 12.9. The molecule has 0 aliphatic heterocycles. The molecule has 120 valence electrons. The summed E-state index contributed by atoms with van der Waals surface area (Å²) < 4.78 is 0. The Morgan fingerprint density at radius 2 is 1.96 bits per heavy atom. The van der Waals surface area contributed by atoms with Crippen LogP contribution in [-0.4, -0.2) is 0 Å². The Kier molecular flexibility index (Phi) is 2.11. The summed E-state index contributed by atoms with van der Waals surface area (Å²) in [6.45, 7) is 0. The molecule has 1 saturated carbocycles. The zero-order valence-electron chi connectivity index (χ0n) is 14.2. The normalized spacial score (nSPS) is 40.6. The van der Waals surface area contributed by atoms with E-state index in [9.17, 15) is 0 Å². The molecule has 25 heavy (non-hydrogen) atoms. The third-order valence-electron chi connectivity index (χ3n) is 7.44. The lowest BCUT2D eigenvalue weighted by Crippen LogP contribution is -2.25. The van der Waals surface area contributed by atoms with Gasteiger partial charge in [-0.3, -0.25) is 0 Å². The summed E-state index contributed by atoms with van der Waals surface area (Å²) in [7, 11) is 0. The molecule has 0 nitrogen and oxygen atoms in total. The van der Waals surface area contributed by atoms with Crippen LogP contribution < -0.4 is 0 Å². The van der Waals surface area contributed by atoms with Gasteiger partial charge in [-0.15, -0.1) is 0 Å². The lowest BCUT2D eigenvalue weighted by Gasteiger charge is -2.36. The molecule has 4 unspecified atom stereocenters. The summed E-state index contributed by atoms with van der Waals surface area (Å²) in [6, 6.07) is 0. The van der Waals surface area contributed by atoms with Crippen molar-refractivity contribution in [2.75, 3.05) is 0 Å². The molecule has 0 radical (unpaired) electrons. The predicted octanol–water partition coefficient (Wildman–Crippen LogP) is 5.68. The maximum Gasteiger partial charge on any atom is 0.0549 e. The van der Waals surface area contributed by atoms with Crippen molar-refractivity contribution in [3.63, 3.8) is 0 Å². The monoisotopic (exact) mass is 320 g/mol. The van der Waals surface area contributed by atoms with Gasteiger partial charge in [-0.1, -0.05) is 66.8 Å². The van der Waals surface area contributed by atoms with Crippen LogP contribution in [0.25, 0.3) is 0 Å². The van der Waals surface area contributed by atoms with Gasteiger partial charge >= 0.3 is 0 Å². The van der Waals surface area contributed by atoms with Crippen molar-refractivity contribution in [2.45, 2.75) is 19.3 Å². The first-order valence-electron chi connectivity index (χ1n) is 9.71. The van der Waals surface area contributed by atoms with Gasteiger partial charge in [0.2, 0.25) is 0 Å². The zero-order valence-corrected chi connectivity index (χ0v) is 14.2. The van der Waals surface area contributed by atoms with E-state index in [1.54, 1.807) is 33.4 Å². The van der Waals surface area contributed by atoms with Gasteiger partial charge in [-0.25, -0.2) is 0 Å². The van der Waals surface area contributed by atoms with Crippen LogP contribution in [0.5, 0.6) is 0 Å². The van der Waals surface area contributed by atoms with Crippen LogP contribution in [0.15, 0.2) is 106 Å². The minimum atomic E-state index is 0.0980. The van der Waals surface area contributed by atoms with Crippen molar-refractivity contribution in [2.24, 2.45) is 23.2 Å². The molecule has 1 fully saturated rings. The molecule has 1 spiro atoms. The largest absolute Gasteiger partial charge is 0.0842 e. The third-order valence-corrected chi connectivity index (χ3v) is 7.44. The van der Waals surface area contributed by atoms with Gasteiger partial charge in [-0.05, 0) is 64.2 Å². The standard InChI is InChI=1S/C25H20/c1-3-7-19-15(5-1)13-17-9-11-25-12-10-18-14-16-6-2-4-8-20(16)22(24(18)25)21(19)23(17)25/h1-3,5-7,9-12,14-15,20,22H,4,8,13H2. The fourth-order valence-electron chi connectivity index (χ4n) is 6.59. The van der Waals surface area contributed by atoms with Gasteiger partial charge in [0.25, 0.3) is 0 Å². The summed E-state index contributed by atoms with van der Waals surface area (Å²) in [5.74, 6) is 1.85. The van der Waals surface area contributed by atoms with E-state index in [0.717, 1.165) is 0 Å². The Bertz CT molecular complexity index is 1020. The molecule has 0 N–H and O–H groups in total. The lowest BCUT2D eigenvalue weighted by atomic mass is 9.67. The Morgan fingerprint density at radius 1 is 1.00 bits per heavy atom. The van der Waals surface area contributed by atoms with Crippen LogP contribution in [0, 0.1) is 23.2 Å². The van der Waals surface area contributed by atoms with Crippen LogP contribution in [0.3, 0.4) is 0 Å². The van der Waals surface area contributed by atoms with Crippen molar-refractivity contribution in [1.29, 1.82) is 0 Å². The zero-order chi connectivity index (χ0) is 16.2. The molecule has 0 aromatic carbocycles. The summed E-state index contributed by atoms with van der Waals surface area (Å²) in [6.07, 6.45) is 30.1. The van der Waals surface area contributed by atoms with Crippen molar-refractivity contribution in [3.05, 3.63) is 106 Å². The predicted molar refractivity (Wildman–Crippen MR) is 102 cm³/mol. The topological polar surface area (TPSA) is 0 Å². The fraction of sp³-hybridized carbons (Fsp3) is 0.280. The minimum absolute atomic E-state index is 0.0980. The average molecular weight is 320 g/mol. The molecule has 0 amide bonds. The van der Waals surface area contributed by atoms with E-state index in [0.29, 0.717) is 17.8 Å². The highest BCUT2D eigenvalue weighted by molar-refractivity contribution is 5.78. The Balaban J connectivity index is 1.59. The Morgan fingerprint density at radius 3 is 2.96 bits per heavy atom. The Hall–Kier alpha value is -2.34. The van der Waals surface area contributed by atoms with E-state index < -0.39 is 0 Å². The van der Waals surface area contributed by atoms with Crippen LogP contribution in [0.2, 0.25) is 0 Å². The van der Waals surface area contributed by atoms with Gasteiger partial charge < -0.3 is 0 Å². The van der Waals surface area contributed by atoms with Gasteiger partial charge in [0.1, 0.15) is 0 Å². The molecular formula is C25H20. The third kappa shape index (κ3) is 1.32. The highest BCUT2D eigenvalue weighted by Gasteiger charge is 2.58. The number of hydrogen-bond donors (Lipinski definition) is 0. The molecule has 0 saturated heterocycles. The summed E-state index contributed by atoms with van der Waals surface area (Å²) >= 11 is 0. The molecule has 0 aromatic rings. The first-order chi connectivity index (χ1) is 12.4. The first-order valence-corrected chi connectivity index (χ1v) is 9.71. The molecule has 0 aromatic heterocycles. The van der Waals surface area contributed by atoms with E-state index >= 15 is 0 Å². The van der Waals surface area contributed by atoms with Gasteiger partial charge in [0.15, 0.2) is 0 Å². The molecular weight excluding hydrogens is 300 g/mol. The molecule has 0 bridgehead atoms. The Labute approximate surface area is 148 Å². The smallest absolute Gasteiger partial charge is 0.0549 e. The van der Waals surface area contributed by atoms with Gasteiger partial charge in [0.05, 0.1) is 5.41 Å². The molecule has 7 aliphatic carbocycles. The second kappa shape index (κ2) is 4.07. The van der Waals surface area contributed by atoms with Crippen LogP contribution in [-0.2, 0) is 0 Å². The maximum atomic E-state index is 2.51. The fourth-order valence-corrected chi connectivity index (χ4v) is 6.59. The quantitative estimate of drug-likeness (QED) is 0.538. The second-order valence-electron chi connectivity index (χ2n) is 8.44. The second-order valence-corrected chi connectivity index (χ2v) is 8.44. The van der Waals surface area contributed by atoms with Crippen molar-refractivity contribution in [1.82, 2.24) is 0 Å². The van der Waals surface area contributed by atoms with Crippen LogP contribution >= 0.6 is 0 Å². The molecule has 7 rings (SSSR count). The molecule has 4 atom stereocenters. The SMILES string of the molecule is C1=CC2=C3C4=C(C=CC45C=CC4=C5C3C3CCC=CC3=C4)CC2C=C1. The van der Waals surface area contributed by atoms with Gasteiger partial charge in [-0.2, -0.15) is 0 Å². The van der Waals surface area contributed by atoms with Crippen molar-refractivity contribution < 1.29 is 0 Å². The molecule has 7 aliphatic rings. The highest BCUT2D eigenvalue weighted by atomic mass is 14.6. The van der Waals surface area contributed by atoms with E-state index in [4.69, 9.17) is 0 Å². The van der Waals surface area contributed by atoms with E-state index in [-0.39, 0.29) is 5.41 Å². The van der Waals surface area contributed by atoms with Crippen molar-refractivity contribution in [3.8, 4) is 0 Å². The minimum Gasteiger partial charge on any atom is -0.0842 e. The van der Waals surface area contributed by atoms with Gasteiger partial charge in [0, 0.05) is 11.8 Å². The maximum absolute atomic E-state index is 2.51. The van der Waals surface area contributed by atoms with Crippen LogP contribution in [0.4, 0.5) is 0 Å². The molecule has 0 heteroatoms. The summed E-state index contributed by atoms with van der Waals surface area (Å²) in [4.78, 5) is 0. The van der Waals surface area contributed by atoms with E-state index in [1.807, 2.05) is 0 Å². The number of allylic oxidation sites excluding steroid dienone is 18. The molecule has 0 heterocycles. The average Bonchev–Trinajstić information content (AvgIpc) is 3.29. The number of fused-ring (bicyclic) bond motifs is 4. The number of rotatable bonds is 0. The number of hydrogen-bond acceptors (Lipinski definition) is 0. The van der Waals surface area contributed by atoms with E-state index in [1.165, 1.54) is 24.8 Å². The summed E-state index contributed by atoms with van der Waals surface area (Å²) in [5.41, 5.74) is 11.4. The van der Waals surface area contributed by atoms with E-state index in [2.05, 4.69) is 66.8 Å². The van der Waals surface area contributed by atoms with Crippen LogP contribution in [0.1, 0.15) is 19.3 Å². The summed E-state index contributed by atoms with van der Waals surface area (Å²) in [5, 5.41) is 0. The lowest BCUT2D eigenvalue weighted by molar-refractivity contribution is 0.447. The van der Waals surface area contributed by atoms with Crippen molar-refractivity contribution >= 4 is 0 Å².